The number of ether oxygens (including phenoxy) is 3. The van der Waals surface area contributed by atoms with Crippen molar-refractivity contribution in [3.05, 3.63) is 27.7 Å². The third-order valence-corrected chi connectivity index (χ3v) is 5.61. The standard InChI is InChI=1S/C16H16ClN5O4S/c17-7-3-8-15(21-14(7)19-4-11-18-1-2-27-11)22-16(20-8)26-10-6-25-12-9(23)5-24-13(10)12/h1-3,9-10,12-13,23H,4-6H2,(H2,19,20,21,22)/t9-,10-,12-,13-/m1/s1. The third-order valence-electron chi connectivity index (χ3n) is 4.54. The molecule has 2 fully saturated rings. The number of anilines is 1. The van der Waals surface area contributed by atoms with Gasteiger partial charge in [-0.1, -0.05) is 11.6 Å². The predicted molar refractivity (Wildman–Crippen MR) is 98.2 cm³/mol. The van der Waals surface area contributed by atoms with Crippen LogP contribution < -0.4 is 10.1 Å². The van der Waals surface area contributed by atoms with Crippen molar-refractivity contribution in [3.63, 3.8) is 0 Å². The van der Waals surface area contributed by atoms with Crippen LogP contribution in [0.2, 0.25) is 5.02 Å². The minimum absolute atomic E-state index is 0.251. The number of nitrogens with one attached hydrogen (secondary N) is 2. The zero-order chi connectivity index (χ0) is 18.4. The predicted octanol–water partition coefficient (Wildman–Crippen LogP) is 1.59. The van der Waals surface area contributed by atoms with Crippen LogP contribution in [0.4, 0.5) is 5.82 Å². The topological polar surface area (TPSA) is 114 Å². The number of nitrogens with zero attached hydrogens (tertiary/aromatic N) is 3. The van der Waals surface area contributed by atoms with Gasteiger partial charge in [-0.2, -0.15) is 4.98 Å². The van der Waals surface area contributed by atoms with Gasteiger partial charge in [0.25, 0.3) is 6.01 Å². The minimum atomic E-state index is -0.619. The first kappa shape index (κ1) is 17.1. The summed E-state index contributed by atoms with van der Waals surface area (Å²) in [5.41, 5.74) is 1.15. The van der Waals surface area contributed by atoms with Crippen molar-refractivity contribution in [2.45, 2.75) is 31.0 Å². The number of aromatic amines is 1. The summed E-state index contributed by atoms with van der Waals surface area (Å²) in [6, 6.07) is 2.06. The summed E-state index contributed by atoms with van der Waals surface area (Å²) in [6.45, 7) is 1.12. The lowest BCUT2D eigenvalue weighted by atomic mass is 10.1. The molecule has 0 bridgehead atoms. The van der Waals surface area contributed by atoms with Crippen LogP contribution >= 0.6 is 22.9 Å². The van der Waals surface area contributed by atoms with E-state index in [1.807, 2.05) is 5.38 Å². The van der Waals surface area contributed by atoms with Crippen molar-refractivity contribution in [1.82, 2.24) is 19.9 Å². The van der Waals surface area contributed by atoms with Gasteiger partial charge >= 0.3 is 0 Å². The molecule has 0 amide bonds. The van der Waals surface area contributed by atoms with Gasteiger partial charge in [-0.15, -0.1) is 11.3 Å². The number of fused-ring (bicyclic) bond motifs is 2. The highest BCUT2D eigenvalue weighted by atomic mass is 35.5. The molecule has 3 N–H and O–H groups in total. The summed E-state index contributed by atoms with van der Waals surface area (Å²) in [4.78, 5) is 16.1. The molecule has 0 spiro atoms. The van der Waals surface area contributed by atoms with Crippen LogP contribution in [0, 0.1) is 0 Å². The highest BCUT2D eigenvalue weighted by Crippen LogP contribution is 2.30. The maximum absolute atomic E-state index is 9.81. The molecule has 3 aromatic heterocycles. The van der Waals surface area contributed by atoms with Crippen molar-refractivity contribution < 1.29 is 19.3 Å². The lowest BCUT2D eigenvalue weighted by Crippen LogP contribution is -2.34. The molecule has 2 saturated heterocycles. The van der Waals surface area contributed by atoms with E-state index in [-0.39, 0.29) is 24.9 Å². The molecule has 0 radical (unpaired) electrons. The summed E-state index contributed by atoms with van der Waals surface area (Å²) < 4.78 is 17.0. The molecule has 0 unspecified atom stereocenters. The van der Waals surface area contributed by atoms with Crippen LogP contribution in [0.15, 0.2) is 17.6 Å². The first-order valence-corrected chi connectivity index (χ1v) is 9.69. The molecule has 0 saturated carbocycles. The fraction of sp³-hybridized carbons (Fsp3) is 0.438. The fourth-order valence-corrected chi connectivity index (χ4v) is 4.04. The molecule has 27 heavy (non-hydrogen) atoms. The van der Waals surface area contributed by atoms with E-state index in [9.17, 15) is 5.11 Å². The van der Waals surface area contributed by atoms with Gasteiger partial charge in [0.1, 0.15) is 29.1 Å². The number of hydrogen-bond donors (Lipinski definition) is 3. The van der Waals surface area contributed by atoms with E-state index in [0.29, 0.717) is 41.2 Å². The van der Waals surface area contributed by atoms with Crippen molar-refractivity contribution in [2.75, 3.05) is 18.5 Å². The lowest BCUT2D eigenvalue weighted by molar-refractivity contribution is 0.00706. The normalized spacial score (nSPS) is 27.2. The molecular weight excluding hydrogens is 394 g/mol. The zero-order valence-corrected chi connectivity index (χ0v) is 15.5. The Hall–Kier alpha value is -1.98. The number of halogens is 1. The van der Waals surface area contributed by atoms with Crippen molar-refractivity contribution in [1.29, 1.82) is 0 Å². The first-order chi connectivity index (χ1) is 13.2. The Morgan fingerprint density at radius 3 is 3.07 bits per heavy atom. The van der Waals surface area contributed by atoms with E-state index >= 15 is 0 Å². The van der Waals surface area contributed by atoms with Crippen LogP contribution in [-0.4, -0.2) is 62.7 Å². The molecular formula is C16H16ClN5O4S. The number of hydrogen-bond acceptors (Lipinski definition) is 9. The molecule has 5 heterocycles. The molecule has 2 aliphatic rings. The molecule has 3 aromatic rings. The summed E-state index contributed by atoms with van der Waals surface area (Å²) >= 11 is 7.87. The zero-order valence-electron chi connectivity index (χ0n) is 14.0. The molecule has 5 rings (SSSR count). The monoisotopic (exact) mass is 409 g/mol. The summed E-state index contributed by atoms with van der Waals surface area (Å²) in [5, 5.41) is 16.3. The molecule has 142 valence electrons. The van der Waals surface area contributed by atoms with E-state index in [1.165, 1.54) is 0 Å². The maximum Gasteiger partial charge on any atom is 0.296 e. The van der Waals surface area contributed by atoms with E-state index in [2.05, 4.69) is 25.3 Å². The Bertz CT molecular complexity index is 952. The number of thiazole rings is 1. The fourth-order valence-electron chi connectivity index (χ4n) is 3.26. The largest absolute Gasteiger partial charge is 0.456 e. The second-order valence-electron chi connectivity index (χ2n) is 6.33. The Balaban J connectivity index is 1.33. The highest BCUT2D eigenvalue weighted by Gasteiger charge is 2.48. The number of aliphatic hydroxyl groups excluding tert-OH is 1. The SMILES string of the molecule is O[C@@H]1CO[C@H]2[C@@H]1OC[C@H]2Oc1nc2nc(NCc3nccs3)c(Cl)cc2[nH]1. The van der Waals surface area contributed by atoms with Gasteiger partial charge in [-0.3, -0.25) is 0 Å². The van der Waals surface area contributed by atoms with Crippen LogP contribution in [0.25, 0.3) is 11.2 Å². The summed E-state index contributed by atoms with van der Waals surface area (Å²) in [7, 11) is 0. The van der Waals surface area contributed by atoms with Gasteiger partial charge in [0.05, 0.1) is 30.3 Å². The van der Waals surface area contributed by atoms with Crippen molar-refractivity contribution >= 4 is 39.9 Å². The number of imidazole rings is 1. The number of H-pyrrole nitrogens is 1. The average molecular weight is 410 g/mol. The van der Waals surface area contributed by atoms with Crippen LogP contribution in [-0.2, 0) is 16.0 Å². The summed E-state index contributed by atoms with van der Waals surface area (Å²) in [6.07, 6.45) is 0.132. The van der Waals surface area contributed by atoms with E-state index < -0.39 is 6.10 Å². The Kier molecular flexibility index (Phi) is 4.37. The molecule has 4 atom stereocenters. The second kappa shape index (κ2) is 6.88. The smallest absolute Gasteiger partial charge is 0.296 e. The quantitative estimate of drug-likeness (QED) is 0.582. The molecule has 0 aliphatic carbocycles. The Morgan fingerprint density at radius 2 is 2.22 bits per heavy atom. The first-order valence-electron chi connectivity index (χ1n) is 8.44. The van der Waals surface area contributed by atoms with Gasteiger partial charge in [0.15, 0.2) is 11.8 Å². The van der Waals surface area contributed by atoms with Gasteiger partial charge < -0.3 is 29.6 Å². The molecule has 11 heteroatoms. The second-order valence-corrected chi connectivity index (χ2v) is 7.72. The Labute approximate surface area is 162 Å². The van der Waals surface area contributed by atoms with Gasteiger partial charge in [0, 0.05) is 11.6 Å². The number of aliphatic hydroxyl groups is 1. The molecule has 9 nitrogen and oxygen atoms in total. The van der Waals surface area contributed by atoms with E-state index in [0.717, 1.165) is 5.01 Å². The molecule has 2 aliphatic heterocycles. The average Bonchev–Trinajstić information content (AvgIpc) is 3.41. The van der Waals surface area contributed by atoms with Gasteiger partial charge in [0.2, 0.25) is 0 Å². The lowest BCUT2D eigenvalue weighted by Gasteiger charge is -2.15. The number of pyridine rings is 1. The van der Waals surface area contributed by atoms with Gasteiger partial charge in [-0.05, 0) is 6.07 Å². The summed E-state index contributed by atoms with van der Waals surface area (Å²) in [5.74, 6) is 0.531. The van der Waals surface area contributed by atoms with Crippen molar-refractivity contribution in [2.24, 2.45) is 0 Å². The highest BCUT2D eigenvalue weighted by molar-refractivity contribution is 7.09. The van der Waals surface area contributed by atoms with Crippen LogP contribution in [0.1, 0.15) is 5.01 Å². The van der Waals surface area contributed by atoms with Crippen molar-refractivity contribution in [3.8, 4) is 6.01 Å². The maximum atomic E-state index is 9.81. The number of aromatic nitrogens is 4. The third kappa shape index (κ3) is 3.23. The van der Waals surface area contributed by atoms with E-state index in [1.54, 1.807) is 23.6 Å². The Morgan fingerprint density at radius 1 is 1.33 bits per heavy atom. The minimum Gasteiger partial charge on any atom is -0.456 e. The van der Waals surface area contributed by atoms with E-state index in [4.69, 9.17) is 25.8 Å². The van der Waals surface area contributed by atoms with Gasteiger partial charge in [-0.25, -0.2) is 9.97 Å². The van der Waals surface area contributed by atoms with Crippen LogP contribution in [0.5, 0.6) is 6.01 Å². The van der Waals surface area contributed by atoms with Crippen LogP contribution in [0.3, 0.4) is 0 Å². The number of rotatable bonds is 5. The molecule has 0 aromatic carbocycles.